The van der Waals surface area contributed by atoms with E-state index >= 15 is 0 Å². The number of nitrogens with zero attached hydrogens (tertiary/aromatic N) is 4. The van der Waals surface area contributed by atoms with Gasteiger partial charge in [-0.15, -0.1) is 10.2 Å². The first kappa shape index (κ1) is 22.5. The maximum atomic E-state index is 12.8. The lowest BCUT2D eigenvalue weighted by Gasteiger charge is -2.25. The third-order valence-electron chi connectivity index (χ3n) is 5.23. The molecule has 168 valence electrons. The smallest absolute Gasteiger partial charge is 0.243 e. The van der Waals surface area contributed by atoms with Crippen LogP contribution in [-0.4, -0.2) is 52.2 Å². The molecule has 8 nitrogen and oxygen atoms in total. The molecule has 0 aliphatic carbocycles. The molecule has 4 rings (SSSR count). The van der Waals surface area contributed by atoms with Crippen molar-refractivity contribution in [2.24, 2.45) is 0 Å². The summed E-state index contributed by atoms with van der Waals surface area (Å²) in [5.41, 5.74) is 1.48. The molecule has 1 amide bonds. The second kappa shape index (κ2) is 9.85. The number of sulfonamides is 1. The number of amides is 1. The molecule has 1 N–H and O–H groups in total. The van der Waals surface area contributed by atoms with Crippen LogP contribution in [0, 0.1) is 6.92 Å². The summed E-state index contributed by atoms with van der Waals surface area (Å²) in [6.45, 7) is 2.99. The highest BCUT2D eigenvalue weighted by atomic mass is 32.2. The van der Waals surface area contributed by atoms with Crippen molar-refractivity contribution >= 4 is 33.4 Å². The van der Waals surface area contributed by atoms with Crippen molar-refractivity contribution in [2.75, 3.05) is 24.2 Å². The van der Waals surface area contributed by atoms with E-state index in [1.807, 2.05) is 41.8 Å². The molecule has 32 heavy (non-hydrogen) atoms. The van der Waals surface area contributed by atoms with Crippen molar-refractivity contribution in [1.29, 1.82) is 0 Å². The number of carbonyl (C=O) groups is 1. The molecule has 1 fully saturated rings. The van der Waals surface area contributed by atoms with Gasteiger partial charge in [-0.1, -0.05) is 36.4 Å². The molecule has 2 heterocycles. The van der Waals surface area contributed by atoms with Crippen LogP contribution in [0.25, 0.3) is 5.69 Å². The molecule has 0 bridgehead atoms. The summed E-state index contributed by atoms with van der Waals surface area (Å²) >= 11 is 1.29. The summed E-state index contributed by atoms with van der Waals surface area (Å²) in [7, 11) is -3.48. The van der Waals surface area contributed by atoms with Gasteiger partial charge in [0.25, 0.3) is 0 Å². The van der Waals surface area contributed by atoms with Crippen LogP contribution in [0.2, 0.25) is 0 Å². The number of hydrogen-bond donors (Lipinski definition) is 1. The molecule has 0 saturated carbocycles. The quantitative estimate of drug-likeness (QED) is 0.530. The Morgan fingerprint density at radius 1 is 1.00 bits per heavy atom. The minimum absolute atomic E-state index is 0.152. The van der Waals surface area contributed by atoms with Crippen molar-refractivity contribution < 1.29 is 13.2 Å². The van der Waals surface area contributed by atoms with Crippen LogP contribution in [-0.2, 0) is 14.8 Å². The number of aromatic nitrogens is 3. The summed E-state index contributed by atoms with van der Waals surface area (Å²) in [4.78, 5) is 12.7. The molecule has 0 unspecified atom stereocenters. The Bertz CT molecular complexity index is 1170. The van der Waals surface area contributed by atoms with Gasteiger partial charge in [-0.25, -0.2) is 8.42 Å². The average molecular weight is 472 g/mol. The number of nitrogens with one attached hydrogen (secondary N) is 1. The van der Waals surface area contributed by atoms with Crippen molar-refractivity contribution in [1.82, 2.24) is 19.1 Å². The minimum atomic E-state index is -3.48. The van der Waals surface area contributed by atoms with E-state index in [4.69, 9.17) is 0 Å². The summed E-state index contributed by atoms with van der Waals surface area (Å²) in [6, 6.07) is 16.1. The monoisotopic (exact) mass is 471 g/mol. The van der Waals surface area contributed by atoms with Crippen molar-refractivity contribution in [2.45, 2.75) is 36.2 Å². The van der Waals surface area contributed by atoms with Gasteiger partial charge in [-0.2, -0.15) is 4.31 Å². The highest BCUT2D eigenvalue weighted by Crippen LogP contribution is 2.24. The van der Waals surface area contributed by atoms with Gasteiger partial charge >= 0.3 is 0 Å². The Kier molecular flexibility index (Phi) is 6.92. The number of aryl methyl sites for hydroxylation is 1. The van der Waals surface area contributed by atoms with E-state index in [9.17, 15) is 13.2 Å². The molecule has 1 saturated heterocycles. The van der Waals surface area contributed by atoms with E-state index in [1.54, 1.807) is 24.3 Å². The average Bonchev–Trinajstić information content (AvgIpc) is 3.19. The topological polar surface area (TPSA) is 97.2 Å². The molecule has 0 spiro atoms. The van der Waals surface area contributed by atoms with Crippen LogP contribution in [0.5, 0.6) is 0 Å². The minimum Gasteiger partial charge on any atom is -0.325 e. The zero-order valence-electron chi connectivity index (χ0n) is 17.8. The van der Waals surface area contributed by atoms with E-state index in [2.05, 4.69) is 15.5 Å². The van der Waals surface area contributed by atoms with Crippen LogP contribution in [0.1, 0.15) is 25.1 Å². The first-order valence-electron chi connectivity index (χ1n) is 10.5. The van der Waals surface area contributed by atoms with Gasteiger partial charge in [0.15, 0.2) is 5.16 Å². The van der Waals surface area contributed by atoms with Gasteiger partial charge in [-0.05, 0) is 56.2 Å². The Hall–Kier alpha value is -2.69. The lowest BCUT2D eigenvalue weighted by molar-refractivity contribution is -0.113. The Labute approximate surface area is 192 Å². The van der Waals surface area contributed by atoms with Crippen LogP contribution in [0.3, 0.4) is 0 Å². The fourth-order valence-electron chi connectivity index (χ4n) is 3.60. The number of piperidine rings is 1. The Morgan fingerprint density at radius 2 is 1.69 bits per heavy atom. The number of para-hydroxylation sites is 1. The second-order valence-corrected chi connectivity index (χ2v) is 10.4. The highest BCUT2D eigenvalue weighted by Gasteiger charge is 2.25. The number of carbonyl (C=O) groups excluding carboxylic acids is 1. The largest absolute Gasteiger partial charge is 0.325 e. The molecular formula is C22H25N5O3S2. The van der Waals surface area contributed by atoms with Crippen molar-refractivity contribution in [3.8, 4) is 5.69 Å². The third kappa shape index (κ3) is 5.03. The van der Waals surface area contributed by atoms with Crippen LogP contribution >= 0.6 is 11.8 Å². The SMILES string of the molecule is Cc1nnc(SCC(=O)Nc2ccc(S(=O)(=O)N3CCCCC3)cc2)n1-c1ccccc1. The summed E-state index contributed by atoms with van der Waals surface area (Å²) in [5.74, 6) is 0.685. The predicted octanol–water partition coefficient (Wildman–Crippen LogP) is 3.48. The fourth-order valence-corrected chi connectivity index (χ4v) is 5.92. The van der Waals surface area contributed by atoms with E-state index in [0.717, 1.165) is 30.8 Å². The first-order chi connectivity index (χ1) is 15.4. The first-order valence-corrected chi connectivity index (χ1v) is 12.9. The molecule has 1 aliphatic rings. The predicted molar refractivity (Wildman–Crippen MR) is 125 cm³/mol. The maximum Gasteiger partial charge on any atom is 0.243 e. The zero-order chi connectivity index (χ0) is 22.6. The molecular weight excluding hydrogens is 446 g/mol. The third-order valence-corrected chi connectivity index (χ3v) is 8.07. The van der Waals surface area contributed by atoms with Gasteiger partial charge < -0.3 is 5.32 Å². The molecule has 0 radical (unpaired) electrons. The van der Waals surface area contributed by atoms with E-state index in [1.165, 1.54) is 16.1 Å². The van der Waals surface area contributed by atoms with E-state index < -0.39 is 10.0 Å². The molecule has 1 aromatic heterocycles. The normalized spacial score (nSPS) is 14.9. The molecule has 3 aromatic rings. The van der Waals surface area contributed by atoms with Crippen LogP contribution < -0.4 is 5.32 Å². The Morgan fingerprint density at radius 3 is 2.38 bits per heavy atom. The van der Waals surface area contributed by atoms with E-state index in [-0.39, 0.29) is 16.6 Å². The number of thioether (sulfide) groups is 1. The second-order valence-electron chi connectivity index (χ2n) is 7.53. The van der Waals surface area contributed by atoms with Gasteiger partial charge in [0.2, 0.25) is 15.9 Å². The summed E-state index contributed by atoms with van der Waals surface area (Å²) in [6.07, 6.45) is 2.85. The number of rotatable bonds is 7. The standard InChI is InChI=1S/C22H25N5O3S2/c1-17-24-25-22(27(17)19-8-4-2-5-9-19)31-16-21(28)23-18-10-12-20(13-11-18)32(29,30)26-14-6-3-7-15-26/h2,4-5,8-13H,3,6-7,14-16H2,1H3,(H,23,28). The molecule has 2 aromatic carbocycles. The molecule has 10 heteroatoms. The van der Waals surface area contributed by atoms with Crippen molar-refractivity contribution in [3.63, 3.8) is 0 Å². The summed E-state index contributed by atoms with van der Waals surface area (Å²) < 4.78 is 28.9. The highest BCUT2D eigenvalue weighted by molar-refractivity contribution is 7.99. The van der Waals surface area contributed by atoms with Gasteiger partial charge in [-0.3, -0.25) is 9.36 Å². The van der Waals surface area contributed by atoms with Gasteiger partial charge in [0.05, 0.1) is 10.6 Å². The molecule has 0 atom stereocenters. The lowest BCUT2D eigenvalue weighted by atomic mass is 10.2. The number of benzene rings is 2. The Balaban J connectivity index is 1.37. The zero-order valence-corrected chi connectivity index (χ0v) is 19.4. The fraction of sp³-hybridized carbons (Fsp3) is 0.318. The van der Waals surface area contributed by atoms with Crippen LogP contribution in [0.4, 0.5) is 5.69 Å². The molecule has 1 aliphatic heterocycles. The van der Waals surface area contributed by atoms with Gasteiger partial charge in [0, 0.05) is 24.5 Å². The summed E-state index contributed by atoms with van der Waals surface area (Å²) in [5, 5.41) is 11.7. The van der Waals surface area contributed by atoms with Crippen molar-refractivity contribution in [3.05, 3.63) is 60.4 Å². The van der Waals surface area contributed by atoms with Crippen LogP contribution in [0.15, 0.2) is 64.6 Å². The maximum absolute atomic E-state index is 12.8. The van der Waals surface area contributed by atoms with Gasteiger partial charge in [0.1, 0.15) is 5.82 Å². The van der Waals surface area contributed by atoms with E-state index in [0.29, 0.717) is 23.9 Å². The lowest BCUT2D eigenvalue weighted by Crippen LogP contribution is -2.35. The number of hydrogen-bond acceptors (Lipinski definition) is 6. The number of anilines is 1.